The third-order valence-corrected chi connectivity index (χ3v) is 6.61. The van der Waals surface area contributed by atoms with E-state index in [4.69, 9.17) is 9.47 Å². The zero-order valence-electron chi connectivity index (χ0n) is 19.4. The Hall–Kier alpha value is -3.55. The summed E-state index contributed by atoms with van der Waals surface area (Å²) in [6.07, 6.45) is 3.78. The van der Waals surface area contributed by atoms with Crippen molar-refractivity contribution in [2.45, 2.75) is 39.0 Å². The number of aromatic amines is 2. The van der Waals surface area contributed by atoms with Crippen LogP contribution in [-0.2, 0) is 16.0 Å². The van der Waals surface area contributed by atoms with Crippen LogP contribution in [-0.4, -0.2) is 59.8 Å². The highest BCUT2D eigenvalue weighted by molar-refractivity contribution is 6.01. The standard InChI is InChI=1S/C25H29N3O5/c1-14-23(25(31)33-4)21(27-24(14)15(2)29)12-22(30)28-9-7-16(8-10-28)19-13-26-20-6-5-17(32-3)11-18(19)20/h5-6,11,13,16,26-27H,7-10,12H2,1-4H3. The third-order valence-electron chi connectivity index (χ3n) is 6.61. The van der Waals surface area contributed by atoms with E-state index in [-0.39, 0.29) is 23.7 Å². The molecule has 1 saturated heterocycles. The molecule has 0 unspecified atom stereocenters. The first kappa shape index (κ1) is 22.6. The van der Waals surface area contributed by atoms with Crippen LogP contribution in [0.15, 0.2) is 24.4 Å². The van der Waals surface area contributed by atoms with Gasteiger partial charge in [0.15, 0.2) is 5.78 Å². The smallest absolute Gasteiger partial charge is 0.339 e. The lowest BCUT2D eigenvalue weighted by molar-refractivity contribution is -0.131. The average Bonchev–Trinajstić information content (AvgIpc) is 3.39. The molecule has 2 N–H and O–H groups in total. The van der Waals surface area contributed by atoms with Gasteiger partial charge in [-0.2, -0.15) is 0 Å². The number of H-pyrrole nitrogens is 2. The van der Waals surface area contributed by atoms with Crippen LogP contribution in [0.4, 0.5) is 0 Å². The SMILES string of the molecule is COC(=O)c1c(CC(=O)N2CCC(c3c[nH]c4ccc(OC)cc34)CC2)[nH]c(C(C)=O)c1C. The second-order valence-electron chi connectivity index (χ2n) is 8.51. The average molecular weight is 452 g/mol. The first-order chi connectivity index (χ1) is 15.8. The summed E-state index contributed by atoms with van der Waals surface area (Å²) in [6, 6.07) is 6.00. The zero-order chi connectivity index (χ0) is 23.7. The Morgan fingerprint density at radius 1 is 1.15 bits per heavy atom. The van der Waals surface area contributed by atoms with Crippen LogP contribution in [0.5, 0.6) is 5.75 Å². The highest BCUT2D eigenvalue weighted by atomic mass is 16.5. The Morgan fingerprint density at radius 3 is 2.52 bits per heavy atom. The topological polar surface area (TPSA) is 104 Å². The van der Waals surface area contributed by atoms with Crippen LogP contribution in [0, 0.1) is 6.92 Å². The summed E-state index contributed by atoms with van der Waals surface area (Å²) in [5.74, 6) is 0.358. The van der Waals surface area contributed by atoms with Gasteiger partial charge < -0.3 is 24.3 Å². The number of piperidine rings is 1. The summed E-state index contributed by atoms with van der Waals surface area (Å²) in [6.45, 7) is 4.38. The molecule has 1 aromatic carbocycles. The Balaban J connectivity index is 1.47. The molecule has 4 rings (SSSR count). The number of aromatic nitrogens is 2. The van der Waals surface area contributed by atoms with Crippen LogP contribution in [0.2, 0.25) is 0 Å². The van der Waals surface area contributed by atoms with Crippen molar-refractivity contribution in [2.75, 3.05) is 27.3 Å². The second-order valence-corrected chi connectivity index (χ2v) is 8.51. The molecule has 1 fully saturated rings. The number of amides is 1. The largest absolute Gasteiger partial charge is 0.497 e. The molecule has 1 aliphatic heterocycles. The van der Waals surface area contributed by atoms with Gasteiger partial charge in [-0.25, -0.2) is 4.79 Å². The first-order valence-electron chi connectivity index (χ1n) is 11.1. The summed E-state index contributed by atoms with van der Waals surface area (Å²) in [5, 5.41) is 1.15. The predicted molar refractivity (Wildman–Crippen MR) is 124 cm³/mol. The minimum Gasteiger partial charge on any atom is -0.497 e. The first-order valence-corrected chi connectivity index (χ1v) is 11.1. The summed E-state index contributed by atoms with van der Waals surface area (Å²) < 4.78 is 10.3. The number of likely N-dealkylation sites (tertiary alicyclic amines) is 1. The number of rotatable bonds is 6. The maximum Gasteiger partial charge on any atom is 0.339 e. The number of ketones is 1. The number of hydrogen-bond donors (Lipinski definition) is 2. The molecular formula is C25H29N3O5. The molecule has 33 heavy (non-hydrogen) atoms. The Kier molecular flexibility index (Phi) is 6.26. The van der Waals surface area contributed by atoms with Crippen molar-refractivity contribution in [2.24, 2.45) is 0 Å². The van der Waals surface area contributed by atoms with Crippen LogP contribution in [0.3, 0.4) is 0 Å². The van der Waals surface area contributed by atoms with Crippen LogP contribution < -0.4 is 4.74 Å². The monoisotopic (exact) mass is 451 g/mol. The number of carbonyl (C=O) groups excluding carboxylic acids is 3. The fourth-order valence-corrected chi connectivity index (χ4v) is 4.81. The molecule has 0 bridgehead atoms. The van der Waals surface area contributed by atoms with E-state index < -0.39 is 5.97 Å². The molecule has 0 saturated carbocycles. The fraction of sp³-hybridized carbons (Fsp3) is 0.400. The minimum atomic E-state index is -0.549. The maximum absolute atomic E-state index is 13.1. The highest BCUT2D eigenvalue weighted by Gasteiger charge is 2.29. The number of methoxy groups -OCH3 is 2. The van der Waals surface area contributed by atoms with E-state index in [1.165, 1.54) is 19.6 Å². The summed E-state index contributed by atoms with van der Waals surface area (Å²) in [4.78, 5) is 45.4. The molecule has 8 nitrogen and oxygen atoms in total. The molecular weight excluding hydrogens is 422 g/mol. The third kappa shape index (κ3) is 4.25. The van der Waals surface area contributed by atoms with Crippen molar-refractivity contribution >= 4 is 28.6 Å². The van der Waals surface area contributed by atoms with Crippen molar-refractivity contribution < 1.29 is 23.9 Å². The molecule has 0 spiro atoms. The van der Waals surface area contributed by atoms with E-state index in [9.17, 15) is 14.4 Å². The van der Waals surface area contributed by atoms with Gasteiger partial charge in [-0.05, 0) is 55.0 Å². The van der Waals surface area contributed by atoms with Crippen LogP contribution in [0.1, 0.15) is 63.4 Å². The number of ether oxygens (including phenoxy) is 2. The Labute approximate surface area is 192 Å². The molecule has 0 aliphatic carbocycles. The molecule has 3 heterocycles. The van der Waals surface area contributed by atoms with Crippen molar-refractivity contribution in [3.05, 3.63) is 52.5 Å². The molecule has 0 atom stereocenters. The molecule has 2 aromatic heterocycles. The van der Waals surface area contributed by atoms with Gasteiger partial charge in [-0.3, -0.25) is 9.59 Å². The van der Waals surface area contributed by atoms with Gasteiger partial charge in [-0.1, -0.05) is 0 Å². The quantitative estimate of drug-likeness (QED) is 0.439. The summed E-state index contributed by atoms with van der Waals surface area (Å²) >= 11 is 0. The number of esters is 1. The minimum absolute atomic E-state index is 0.0213. The number of benzene rings is 1. The number of Topliss-reactive ketones (excluding diaryl/α,β-unsaturated/α-hetero) is 1. The second kappa shape index (κ2) is 9.13. The van der Waals surface area contributed by atoms with Gasteiger partial charge in [0.2, 0.25) is 5.91 Å². The number of nitrogens with zero attached hydrogens (tertiary/aromatic N) is 1. The number of carbonyl (C=O) groups is 3. The molecule has 3 aromatic rings. The van der Waals surface area contributed by atoms with E-state index >= 15 is 0 Å². The lowest BCUT2D eigenvalue weighted by Gasteiger charge is -2.32. The number of fused-ring (bicyclic) bond motifs is 1. The van der Waals surface area contributed by atoms with Gasteiger partial charge in [0, 0.05) is 42.8 Å². The van der Waals surface area contributed by atoms with Crippen molar-refractivity contribution in [1.82, 2.24) is 14.9 Å². The molecule has 174 valence electrons. The summed E-state index contributed by atoms with van der Waals surface area (Å²) in [7, 11) is 2.95. The molecule has 8 heteroatoms. The van der Waals surface area contributed by atoms with Gasteiger partial charge in [0.05, 0.1) is 31.9 Å². The van der Waals surface area contributed by atoms with E-state index in [2.05, 4.69) is 16.2 Å². The highest BCUT2D eigenvalue weighted by Crippen LogP contribution is 2.35. The van der Waals surface area contributed by atoms with Crippen LogP contribution in [0.25, 0.3) is 10.9 Å². The van der Waals surface area contributed by atoms with E-state index in [1.807, 2.05) is 23.1 Å². The molecule has 0 radical (unpaired) electrons. The molecule has 1 aliphatic rings. The van der Waals surface area contributed by atoms with Gasteiger partial charge in [0.1, 0.15) is 5.75 Å². The Bertz CT molecular complexity index is 1210. The van der Waals surface area contributed by atoms with E-state index in [1.54, 1.807) is 14.0 Å². The van der Waals surface area contributed by atoms with Gasteiger partial charge in [-0.15, -0.1) is 0 Å². The lowest BCUT2D eigenvalue weighted by atomic mass is 9.89. The summed E-state index contributed by atoms with van der Waals surface area (Å²) in [5.41, 5.74) is 3.88. The zero-order valence-corrected chi connectivity index (χ0v) is 19.4. The van der Waals surface area contributed by atoms with Crippen molar-refractivity contribution in [3.8, 4) is 5.75 Å². The normalized spacial score (nSPS) is 14.5. The maximum atomic E-state index is 13.1. The number of hydrogen-bond acceptors (Lipinski definition) is 5. The fourth-order valence-electron chi connectivity index (χ4n) is 4.81. The van der Waals surface area contributed by atoms with Gasteiger partial charge >= 0.3 is 5.97 Å². The van der Waals surface area contributed by atoms with Crippen molar-refractivity contribution in [3.63, 3.8) is 0 Å². The van der Waals surface area contributed by atoms with Crippen molar-refractivity contribution in [1.29, 1.82) is 0 Å². The Morgan fingerprint density at radius 2 is 1.88 bits per heavy atom. The lowest BCUT2D eigenvalue weighted by Crippen LogP contribution is -2.39. The van der Waals surface area contributed by atoms with Crippen LogP contribution >= 0.6 is 0 Å². The van der Waals surface area contributed by atoms with E-state index in [0.29, 0.717) is 36.0 Å². The predicted octanol–water partition coefficient (Wildman–Crippen LogP) is 3.75. The molecule has 1 amide bonds. The van der Waals surface area contributed by atoms with E-state index in [0.717, 1.165) is 29.5 Å². The van der Waals surface area contributed by atoms with Gasteiger partial charge in [0.25, 0.3) is 0 Å². The number of nitrogens with one attached hydrogen (secondary N) is 2.